The van der Waals surface area contributed by atoms with Crippen molar-refractivity contribution in [2.75, 3.05) is 15.8 Å². The fourth-order valence-electron chi connectivity index (χ4n) is 3.08. The monoisotopic (exact) mass is 421 g/mol. The molecule has 156 valence electrons. The van der Waals surface area contributed by atoms with Crippen LogP contribution >= 0.6 is 0 Å². The molecule has 4 N–H and O–H groups in total. The number of aromatic nitrogens is 3. The molecule has 0 saturated heterocycles. The maximum absolute atomic E-state index is 15.1. The Morgan fingerprint density at radius 2 is 2.00 bits per heavy atom. The predicted molar refractivity (Wildman–Crippen MR) is 111 cm³/mol. The molecular formula is C19H24FN5O3S. The summed E-state index contributed by atoms with van der Waals surface area (Å²) >= 11 is 0. The third-order valence-electron chi connectivity index (χ3n) is 4.28. The van der Waals surface area contributed by atoms with Crippen molar-refractivity contribution in [2.24, 2.45) is 0 Å². The van der Waals surface area contributed by atoms with Crippen molar-refractivity contribution < 1.29 is 17.9 Å². The minimum atomic E-state index is -3.67. The topological polar surface area (TPSA) is 120 Å². The molecule has 0 saturated carbocycles. The highest BCUT2D eigenvalue weighted by atomic mass is 32.2. The number of nitrogens with zero attached hydrogens (tertiary/aromatic N) is 2. The number of halogens is 1. The molecule has 0 aliphatic carbocycles. The number of aromatic amines is 1. The van der Waals surface area contributed by atoms with Crippen LogP contribution in [-0.4, -0.2) is 40.3 Å². The van der Waals surface area contributed by atoms with Crippen LogP contribution < -0.4 is 10.0 Å². The molecule has 2 aromatic heterocycles. The third-order valence-corrected chi connectivity index (χ3v) is 5.76. The first-order valence-electron chi connectivity index (χ1n) is 9.29. The second-order valence-electron chi connectivity index (χ2n) is 7.02. The lowest BCUT2D eigenvalue weighted by molar-refractivity contribution is 0.216. The van der Waals surface area contributed by atoms with Gasteiger partial charge in [0, 0.05) is 23.4 Å². The van der Waals surface area contributed by atoms with E-state index in [1.54, 1.807) is 13.1 Å². The molecule has 8 nitrogen and oxygen atoms in total. The van der Waals surface area contributed by atoms with Crippen LogP contribution in [0.3, 0.4) is 0 Å². The Kier molecular flexibility index (Phi) is 6.04. The van der Waals surface area contributed by atoms with Crippen LogP contribution in [0.25, 0.3) is 11.0 Å². The van der Waals surface area contributed by atoms with Crippen molar-refractivity contribution >= 4 is 32.6 Å². The zero-order valence-corrected chi connectivity index (χ0v) is 17.2. The van der Waals surface area contributed by atoms with Gasteiger partial charge in [-0.05, 0) is 26.3 Å². The first kappa shape index (κ1) is 21.0. The van der Waals surface area contributed by atoms with Gasteiger partial charge in [-0.2, -0.15) is 0 Å². The van der Waals surface area contributed by atoms with Crippen LogP contribution in [0.4, 0.5) is 15.9 Å². The summed E-state index contributed by atoms with van der Waals surface area (Å²) in [5.74, 6) is -0.437. The maximum atomic E-state index is 15.1. The number of anilines is 2. The van der Waals surface area contributed by atoms with Crippen LogP contribution in [-0.2, 0) is 10.0 Å². The fraction of sp³-hybridized carbons (Fsp3) is 0.368. The summed E-state index contributed by atoms with van der Waals surface area (Å²) in [5, 5.41) is 14.7. The van der Waals surface area contributed by atoms with E-state index in [0.717, 1.165) is 0 Å². The molecule has 0 amide bonds. The number of hydrogen-bond donors (Lipinski definition) is 4. The SMILES string of the molecule is CCCS(=O)(=O)Nc1cccc(C(O)c2c[nH]c3ncnc(NC(C)C)c23)c1F. The van der Waals surface area contributed by atoms with Crippen LogP contribution in [0.15, 0.2) is 30.7 Å². The lowest BCUT2D eigenvalue weighted by Gasteiger charge is -2.16. The Labute approximate surface area is 168 Å². The van der Waals surface area contributed by atoms with Gasteiger partial charge in [-0.3, -0.25) is 4.72 Å². The van der Waals surface area contributed by atoms with Gasteiger partial charge in [0.05, 0.1) is 16.8 Å². The number of aliphatic hydroxyl groups excluding tert-OH is 1. The lowest BCUT2D eigenvalue weighted by atomic mass is 10.0. The van der Waals surface area contributed by atoms with E-state index < -0.39 is 21.9 Å². The van der Waals surface area contributed by atoms with Crippen molar-refractivity contribution in [1.82, 2.24) is 15.0 Å². The molecule has 0 aliphatic rings. The summed E-state index contributed by atoms with van der Waals surface area (Å²) < 4.78 is 41.3. The summed E-state index contributed by atoms with van der Waals surface area (Å²) in [6.07, 6.45) is 1.99. The van der Waals surface area contributed by atoms with Crippen molar-refractivity contribution in [3.05, 3.63) is 47.7 Å². The smallest absolute Gasteiger partial charge is 0.232 e. The highest BCUT2D eigenvalue weighted by Crippen LogP contribution is 2.34. The number of rotatable bonds is 8. The molecular weight excluding hydrogens is 397 g/mol. The Balaban J connectivity index is 2.04. The second kappa shape index (κ2) is 8.34. The summed E-state index contributed by atoms with van der Waals surface area (Å²) in [6, 6.07) is 4.31. The second-order valence-corrected chi connectivity index (χ2v) is 8.86. The van der Waals surface area contributed by atoms with Crippen LogP contribution in [0, 0.1) is 5.82 Å². The first-order valence-corrected chi connectivity index (χ1v) is 10.9. The van der Waals surface area contributed by atoms with Gasteiger partial charge < -0.3 is 15.4 Å². The van der Waals surface area contributed by atoms with E-state index in [-0.39, 0.29) is 23.0 Å². The van der Waals surface area contributed by atoms with Gasteiger partial charge in [-0.25, -0.2) is 22.8 Å². The van der Waals surface area contributed by atoms with Crippen molar-refractivity contribution in [2.45, 2.75) is 39.3 Å². The van der Waals surface area contributed by atoms with Gasteiger partial charge in [0.1, 0.15) is 23.9 Å². The molecule has 0 aliphatic heterocycles. The average molecular weight is 421 g/mol. The van der Waals surface area contributed by atoms with E-state index in [2.05, 4.69) is 25.0 Å². The van der Waals surface area contributed by atoms with E-state index in [1.807, 2.05) is 13.8 Å². The fourth-order valence-corrected chi connectivity index (χ4v) is 4.21. The lowest BCUT2D eigenvalue weighted by Crippen LogP contribution is -2.18. The quantitative estimate of drug-likeness (QED) is 0.443. The third kappa shape index (κ3) is 4.48. The minimum Gasteiger partial charge on any atom is -0.383 e. The van der Waals surface area contributed by atoms with Gasteiger partial charge in [0.25, 0.3) is 0 Å². The van der Waals surface area contributed by atoms with E-state index in [4.69, 9.17) is 0 Å². The van der Waals surface area contributed by atoms with Crippen LogP contribution in [0.2, 0.25) is 0 Å². The molecule has 0 radical (unpaired) electrons. The summed E-state index contributed by atoms with van der Waals surface area (Å²) in [6.45, 7) is 5.61. The van der Waals surface area contributed by atoms with Gasteiger partial charge in [-0.1, -0.05) is 19.1 Å². The number of benzene rings is 1. The first-order chi connectivity index (χ1) is 13.7. The van der Waals surface area contributed by atoms with Crippen molar-refractivity contribution in [3.8, 4) is 0 Å². The highest BCUT2D eigenvalue weighted by Gasteiger charge is 2.24. The number of H-pyrrole nitrogens is 1. The maximum Gasteiger partial charge on any atom is 0.232 e. The predicted octanol–water partition coefficient (Wildman–Crippen LogP) is 3.15. The summed E-state index contributed by atoms with van der Waals surface area (Å²) in [4.78, 5) is 11.3. The minimum absolute atomic E-state index is 0.0538. The summed E-state index contributed by atoms with van der Waals surface area (Å²) in [7, 11) is -3.67. The molecule has 0 bridgehead atoms. The Morgan fingerprint density at radius 1 is 1.24 bits per heavy atom. The van der Waals surface area contributed by atoms with Crippen LogP contribution in [0.5, 0.6) is 0 Å². The zero-order chi connectivity index (χ0) is 21.2. The normalized spacial score (nSPS) is 13.0. The van der Waals surface area contributed by atoms with Gasteiger partial charge >= 0.3 is 0 Å². The molecule has 0 fully saturated rings. The Morgan fingerprint density at radius 3 is 2.69 bits per heavy atom. The average Bonchev–Trinajstić information content (AvgIpc) is 3.07. The molecule has 1 atom stereocenters. The van der Waals surface area contributed by atoms with Gasteiger partial charge in [-0.15, -0.1) is 0 Å². The Hall–Kier alpha value is -2.72. The van der Waals surface area contributed by atoms with E-state index >= 15 is 4.39 Å². The number of fused-ring (bicyclic) bond motifs is 1. The largest absolute Gasteiger partial charge is 0.383 e. The van der Waals surface area contributed by atoms with E-state index in [1.165, 1.54) is 24.5 Å². The molecule has 2 heterocycles. The zero-order valence-electron chi connectivity index (χ0n) is 16.4. The summed E-state index contributed by atoms with van der Waals surface area (Å²) in [5.41, 5.74) is 0.627. The standard InChI is InChI=1S/C19H24FN5O3S/c1-4-8-29(27,28)25-14-7-5-6-12(16(14)20)17(26)13-9-21-18-15(13)19(23-10-22-18)24-11(2)3/h5-7,9-11,17,25-26H,4,8H2,1-3H3,(H2,21,22,23,24). The number of sulfonamides is 1. The van der Waals surface area contributed by atoms with E-state index in [0.29, 0.717) is 28.8 Å². The van der Waals surface area contributed by atoms with Crippen LogP contribution in [0.1, 0.15) is 44.4 Å². The van der Waals surface area contributed by atoms with Gasteiger partial charge in [0.2, 0.25) is 10.0 Å². The molecule has 1 aromatic carbocycles. The van der Waals surface area contributed by atoms with Gasteiger partial charge in [0.15, 0.2) is 5.82 Å². The number of hydrogen-bond acceptors (Lipinski definition) is 6. The van der Waals surface area contributed by atoms with E-state index in [9.17, 15) is 13.5 Å². The molecule has 29 heavy (non-hydrogen) atoms. The molecule has 1 unspecified atom stereocenters. The van der Waals surface area contributed by atoms with Crippen molar-refractivity contribution in [3.63, 3.8) is 0 Å². The molecule has 3 aromatic rings. The molecule has 0 spiro atoms. The molecule has 10 heteroatoms. The molecule has 3 rings (SSSR count). The highest BCUT2D eigenvalue weighted by molar-refractivity contribution is 7.92. The number of nitrogens with one attached hydrogen (secondary N) is 3. The van der Waals surface area contributed by atoms with Crippen molar-refractivity contribution in [1.29, 1.82) is 0 Å². The number of aliphatic hydroxyl groups is 1. The Bertz CT molecular complexity index is 1110.